The van der Waals surface area contributed by atoms with Gasteiger partial charge in [0, 0.05) is 17.5 Å². The number of hydrogen-bond acceptors (Lipinski definition) is 4. The van der Waals surface area contributed by atoms with Gasteiger partial charge < -0.3 is 4.42 Å². The van der Waals surface area contributed by atoms with Crippen molar-refractivity contribution in [2.24, 2.45) is 0 Å². The molecule has 20 heavy (non-hydrogen) atoms. The van der Waals surface area contributed by atoms with E-state index in [0.29, 0.717) is 12.3 Å². The fraction of sp³-hybridized carbons (Fsp3) is 0.385. The Morgan fingerprint density at radius 3 is 2.95 bits per heavy atom. The number of fused-ring (bicyclic) bond motifs is 1. The van der Waals surface area contributed by atoms with Crippen LogP contribution in [0.4, 0.5) is 0 Å². The van der Waals surface area contributed by atoms with Crippen molar-refractivity contribution < 1.29 is 12.8 Å². The molecule has 1 atom stereocenters. The number of hydrogen-bond donors (Lipinski definition) is 0. The lowest BCUT2D eigenvalue weighted by Crippen LogP contribution is -2.38. The molecule has 0 amide bonds. The van der Waals surface area contributed by atoms with E-state index in [1.54, 1.807) is 17.4 Å². The van der Waals surface area contributed by atoms with Crippen LogP contribution in [-0.2, 0) is 22.3 Å². The zero-order chi connectivity index (χ0) is 14.3. The van der Waals surface area contributed by atoms with E-state index in [-0.39, 0.29) is 17.0 Å². The maximum absolute atomic E-state index is 12.7. The molecule has 7 heteroatoms. The second kappa shape index (κ2) is 5.18. The van der Waals surface area contributed by atoms with Gasteiger partial charge in [-0.1, -0.05) is 0 Å². The number of furan rings is 1. The molecule has 1 aliphatic rings. The predicted octanol–water partition coefficient (Wildman–Crippen LogP) is 3.39. The first-order valence-electron chi connectivity index (χ1n) is 6.27. The lowest BCUT2D eigenvalue weighted by molar-refractivity contribution is 0.313. The highest BCUT2D eigenvalue weighted by Crippen LogP contribution is 2.36. The van der Waals surface area contributed by atoms with Gasteiger partial charge >= 0.3 is 0 Å². The topological polar surface area (TPSA) is 50.5 Å². The van der Waals surface area contributed by atoms with Crippen LogP contribution in [-0.4, -0.2) is 19.3 Å². The largest absolute Gasteiger partial charge is 0.447 e. The van der Waals surface area contributed by atoms with Gasteiger partial charge in [0.1, 0.15) is 5.76 Å². The summed E-state index contributed by atoms with van der Waals surface area (Å²) in [6.07, 6.45) is 0.750. The van der Waals surface area contributed by atoms with Crippen LogP contribution in [0.5, 0.6) is 0 Å². The van der Waals surface area contributed by atoms with E-state index in [2.05, 4.69) is 0 Å². The van der Waals surface area contributed by atoms with E-state index >= 15 is 0 Å². The minimum absolute atomic E-state index is 0.0290. The highest BCUT2D eigenvalue weighted by molar-refractivity contribution is 7.89. The van der Waals surface area contributed by atoms with Gasteiger partial charge in [-0.2, -0.15) is 4.31 Å². The van der Waals surface area contributed by atoms with Gasteiger partial charge in [0.05, 0.1) is 5.88 Å². The third-order valence-electron chi connectivity index (χ3n) is 3.55. The van der Waals surface area contributed by atoms with E-state index in [4.69, 9.17) is 16.0 Å². The maximum Gasteiger partial charge on any atom is 0.277 e. The molecule has 2 aromatic heterocycles. The summed E-state index contributed by atoms with van der Waals surface area (Å²) in [4.78, 5) is 1.27. The van der Waals surface area contributed by atoms with Gasteiger partial charge in [-0.05, 0) is 42.5 Å². The van der Waals surface area contributed by atoms with Gasteiger partial charge in [0.25, 0.3) is 10.0 Å². The second-order valence-electron chi connectivity index (χ2n) is 4.70. The molecule has 0 fully saturated rings. The summed E-state index contributed by atoms with van der Waals surface area (Å²) >= 11 is 7.34. The third kappa shape index (κ3) is 2.20. The Morgan fingerprint density at radius 2 is 2.25 bits per heavy atom. The molecule has 0 aromatic carbocycles. The van der Waals surface area contributed by atoms with Crippen LogP contribution in [0.1, 0.15) is 29.2 Å². The van der Waals surface area contributed by atoms with Crippen molar-refractivity contribution in [3.63, 3.8) is 0 Å². The van der Waals surface area contributed by atoms with Gasteiger partial charge in [-0.15, -0.1) is 22.9 Å². The van der Waals surface area contributed by atoms with Crippen LogP contribution >= 0.6 is 22.9 Å². The summed E-state index contributed by atoms with van der Waals surface area (Å²) < 4.78 is 32.1. The molecule has 3 rings (SSSR count). The van der Waals surface area contributed by atoms with E-state index in [1.165, 1.54) is 15.2 Å². The maximum atomic E-state index is 12.7. The number of thiophene rings is 1. The first kappa shape index (κ1) is 14.1. The number of halogens is 1. The SMILES string of the molecule is CC1c2ccsc2CCN1S(=O)(=O)c1ccc(CCl)o1. The zero-order valence-electron chi connectivity index (χ0n) is 10.9. The molecule has 0 N–H and O–H groups in total. The molecule has 0 aliphatic carbocycles. The Labute approximate surface area is 127 Å². The summed E-state index contributed by atoms with van der Waals surface area (Å²) in [7, 11) is -3.61. The molecule has 2 aromatic rings. The second-order valence-corrected chi connectivity index (χ2v) is 7.78. The molecule has 0 saturated carbocycles. The van der Waals surface area contributed by atoms with Crippen molar-refractivity contribution in [3.8, 4) is 0 Å². The van der Waals surface area contributed by atoms with Crippen LogP contribution in [0, 0.1) is 0 Å². The average Bonchev–Trinajstić information content (AvgIpc) is 3.08. The third-order valence-corrected chi connectivity index (χ3v) is 6.66. The van der Waals surface area contributed by atoms with E-state index in [1.807, 2.05) is 18.4 Å². The highest BCUT2D eigenvalue weighted by atomic mass is 35.5. The van der Waals surface area contributed by atoms with E-state index in [0.717, 1.165) is 12.0 Å². The molecule has 108 valence electrons. The van der Waals surface area contributed by atoms with E-state index < -0.39 is 10.0 Å². The molecule has 3 heterocycles. The van der Waals surface area contributed by atoms with Crippen LogP contribution < -0.4 is 0 Å². The van der Waals surface area contributed by atoms with Crippen molar-refractivity contribution in [2.45, 2.75) is 30.4 Å². The fourth-order valence-corrected chi connectivity index (χ4v) is 5.15. The van der Waals surface area contributed by atoms with E-state index in [9.17, 15) is 8.42 Å². The average molecular weight is 332 g/mol. The molecule has 0 bridgehead atoms. The standard InChI is InChI=1S/C13H14ClNO3S2/c1-9-11-5-7-19-12(11)4-6-15(9)20(16,17)13-3-2-10(8-14)18-13/h2-3,5,7,9H,4,6,8H2,1H3. The Kier molecular flexibility index (Phi) is 3.66. The van der Waals surface area contributed by atoms with Gasteiger partial charge in [-0.25, -0.2) is 8.42 Å². The highest BCUT2D eigenvalue weighted by Gasteiger charge is 2.36. The monoisotopic (exact) mass is 331 g/mol. The van der Waals surface area contributed by atoms with Crippen LogP contribution in [0.3, 0.4) is 0 Å². The normalized spacial score (nSPS) is 20.0. The molecular weight excluding hydrogens is 318 g/mol. The Bertz CT molecular complexity index is 720. The van der Waals surface area contributed by atoms with Crippen LogP contribution in [0.25, 0.3) is 0 Å². The smallest absolute Gasteiger partial charge is 0.277 e. The first-order valence-corrected chi connectivity index (χ1v) is 9.12. The van der Waals surface area contributed by atoms with Gasteiger partial charge in [0.2, 0.25) is 5.09 Å². The van der Waals surface area contributed by atoms with Gasteiger partial charge in [0.15, 0.2) is 0 Å². The van der Waals surface area contributed by atoms with Crippen LogP contribution in [0.2, 0.25) is 0 Å². The van der Waals surface area contributed by atoms with Crippen LogP contribution in [0.15, 0.2) is 33.1 Å². The molecule has 1 unspecified atom stereocenters. The number of rotatable bonds is 3. The molecule has 0 radical (unpaired) electrons. The van der Waals surface area contributed by atoms with Crippen molar-refractivity contribution in [2.75, 3.05) is 6.54 Å². The number of nitrogens with zero attached hydrogens (tertiary/aromatic N) is 1. The van der Waals surface area contributed by atoms with Gasteiger partial charge in [-0.3, -0.25) is 0 Å². The molecular formula is C13H14ClNO3S2. The van der Waals surface area contributed by atoms with Crippen molar-refractivity contribution in [1.82, 2.24) is 4.31 Å². The fourth-order valence-electron chi connectivity index (χ4n) is 2.50. The Hall–Kier alpha value is -0.820. The Morgan fingerprint density at radius 1 is 1.45 bits per heavy atom. The summed E-state index contributed by atoms with van der Waals surface area (Å²) in [5.41, 5.74) is 1.09. The predicted molar refractivity (Wildman–Crippen MR) is 78.6 cm³/mol. The molecule has 0 saturated heterocycles. The molecule has 1 aliphatic heterocycles. The summed E-state index contributed by atoms with van der Waals surface area (Å²) in [5.74, 6) is 0.630. The minimum atomic E-state index is -3.61. The summed E-state index contributed by atoms with van der Waals surface area (Å²) in [6, 6.07) is 4.91. The summed E-state index contributed by atoms with van der Waals surface area (Å²) in [6.45, 7) is 2.39. The lowest BCUT2D eigenvalue weighted by Gasteiger charge is -2.31. The minimum Gasteiger partial charge on any atom is -0.447 e. The molecule has 4 nitrogen and oxygen atoms in total. The van der Waals surface area contributed by atoms with Crippen molar-refractivity contribution >= 4 is 33.0 Å². The van der Waals surface area contributed by atoms with Crippen molar-refractivity contribution in [1.29, 1.82) is 0 Å². The summed E-state index contributed by atoms with van der Waals surface area (Å²) in [5, 5.41) is 1.98. The number of alkyl halides is 1. The number of sulfonamides is 1. The van der Waals surface area contributed by atoms with Crippen molar-refractivity contribution in [3.05, 3.63) is 39.8 Å². The zero-order valence-corrected chi connectivity index (χ0v) is 13.3. The first-order chi connectivity index (χ1) is 9.54. The quantitative estimate of drug-likeness (QED) is 0.810. The lowest BCUT2D eigenvalue weighted by atomic mass is 10.0. The molecule has 0 spiro atoms. The Balaban J connectivity index is 1.96.